The van der Waals surface area contributed by atoms with Gasteiger partial charge in [0, 0.05) is 29.5 Å². The van der Waals surface area contributed by atoms with Crippen molar-refractivity contribution in [1.82, 2.24) is 4.90 Å². The molecule has 0 aromatic heterocycles. The summed E-state index contributed by atoms with van der Waals surface area (Å²) in [6, 6.07) is 5.63. The molecule has 0 spiro atoms. The number of hydrogen-bond acceptors (Lipinski definition) is 2. The van der Waals surface area contributed by atoms with E-state index in [1.54, 1.807) is 0 Å². The van der Waals surface area contributed by atoms with Gasteiger partial charge in [0.2, 0.25) is 0 Å². The quantitative estimate of drug-likeness (QED) is 0.916. The van der Waals surface area contributed by atoms with Crippen LogP contribution in [-0.4, -0.2) is 35.0 Å². The zero-order valence-electron chi connectivity index (χ0n) is 11.4. The van der Waals surface area contributed by atoms with E-state index in [9.17, 15) is 9.59 Å². The van der Waals surface area contributed by atoms with Crippen molar-refractivity contribution in [2.24, 2.45) is 5.92 Å². The molecule has 0 bridgehead atoms. The Bertz CT molecular complexity index is 530. The molecule has 1 atom stereocenters. The second-order valence-corrected chi connectivity index (χ2v) is 6.11. The molecule has 1 fully saturated rings. The summed E-state index contributed by atoms with van der Waals surface area (Å²) in [7, 11) is 0. The number of benzene rings is 1. The highest BCUT2D eigenvalue weighted by Crippen LogP contribution is 2.25. The van der Waals surface area contributed by atoms with Crippen LogP contribution in [0.3, 0.4) is 0 Å². The Morgan fingerprint density at radius 3 is 2.90 bits per heavy atom. The number of carbonyl (C=O) groups excluding carboxylic acids is 1. The molecule has 108 valence electrons. The van der Waals surface area contributed by atoms with Gasteiger partial charge in [-0.15, -0.1) is 0 Å². The molecule has 1 amide bonds. The van der Waals surface area contributed by atoms with Gasteiger partial charge in [-0.3, -0.25) is 9.59 Å². The first-order valence-corrected chi connectivity index (χ1v) is 7.54. The topological polar surface area (TPSA) is 57.6 Å². The lowest BCUT2D eigenvalue weighted by atomic mass is 10.0. The lowest BCUT2D eigenvalue weighted by Gasteiger charge is -2.18. The van der Waals surface area contributed by atoms with Gasteiger partial charge in [-0.1, -0.05) is 22.0 Å². The molecule has 1 aromatic rings. The Balaban J connectivity index is 2.01. The molecule has 0 aliphatic carbocycles. The van der Waals surface area contributed by atoms with Crippen molar-refractivity contribution >= 4 is 27.8 Å². The van der Waals surface area contributed by atoms with Gasteiger partial charge in [0.1, 0.15) is 0 Å². The predicted molar refractivity (Wildman–Crippen MR) is 79.8 cm³/mol. The van der Waals surface area contributed by atoms with Crippen LogP contribution in [0.4, 0.5) is 0 Å². The van der Waals surface area contributed by atoms with Crippen molar-refractivity contribution in [2.75, 3.05) is 13.1 Å². The maximum Gasteiger partial charge on any atom is 0.303 e. The summed E-state index contributed by atoms with van der Waals surface area (Å²) < 4.78 is 0.935. The zero-order valence-corrected chi connectivity index (χ0v) is 13.0. The molecule has 1 N–H and O–H groups in total. The van der Waals surface area contributed by atoms with Gasteiger partial charge in [0.05, 0.1) is 0 Å². The molecule has 1 aliphatic rings. The fourth-order valence-corrected chi connectivity index (χ4v) is 2.96. The monoisotopic (exact) mass is 339 g/mol. The van der Waals surface area contributed by atoms with Gasteiger partial charge in [-0.2, -0.15) is 0 Å². The van der Waals surface area contributed by atoms with E-state index in [0.717, 1.165) is 28.6 Å². The predicted octanol–water partition coefficient (Wildman–Crippen LogP) is 3.08. The maximum atomic E-state index is 12.5. The van der Waals surface area contributed by atoms with E-state index in [0.29, 0.717) is 18.9 Å². The minimum Gasteiger partial charge on any atom is -0.481 e. The Labute approximate surface area is 126 Å². The highest BCUT2D eigenvalue weighted by molar-refractivity contribution is 9.10. The Morgan fingerprint density at radius 2 is 2.20 bits per heavy atom. The second-order valence-electron chi connectivity index (χ2n) is 5.25. The molecule has 1 saturated heterocycles. The lowest BCUT2D eigenvalue weighted by molar-refractivity contribution is -0.137. The zero-order chi connectivity index (χ0) is 14.7. The van der Waals surface area contributed by atoms with Crippen molar-refractivity contribution in [3.05, 3.63) is 33.8 Å². The molecule has 1 heterocycles. The molecular weight excluding hydrogens is 322 g/mol. The average Bonchev–Trinajstić information content (AvgIpc) is 2.87. The summed E-state index contributed by atoms with van der Waals surface area (Å²) in [4.78, 5) is 24.9. The van der Waals surface area contributed by atoms with Gasteiger partial charge in [-0.25, -0.2) is 0 Å². The number of carboxylic acids is 1. The van der Waals surface area contributed by atoms with Crippen molar-refractivity contribution < 1.29 is 14.7 Å². The van der Waals surface area contributed by atoms with E-state index in [2.05, 4.69) is 15.9 Å². The summed E-state index contributed by atoms with van der Waals surface area (Å²) in [5, 5.41) is 8.71. The van der Waals surface area contributed by atoms with Gasteiger partial charge in [-0.05, 0) is 43.4 Å². The fraction of sp³-hybridized carbons (Fsp3) is 0.467. The van der Waals surface area contributed by atoms with Crippen LogP contribution in [0.25, 0.3) is 0 Å². The van der Waals surface area contributed by atoms with E-state index in [-0.39, 0.29) is 12.3 Å². The summed E-state index contributed by atoms with van der Waals surface area (Å²) in [5.74, 6) is -0.415. The van der Waals surface area contributed by atoms with Crippen molar-refractivity contribution in [3.8, 4) is 0 Å². The maximum absolute atomic E-state index is 12.5. The molecule has 1 aromatic carbocycles. The van der Waals surface area contributed by atoms with Gasteiger partial charge in [0.15, 0.2) is 0 Å². The summed E-state index contributed by atoms with van der Waals surface area (Å²) in [5.41, 5.74) is 1.67. The second kappa shape index (κ2) is 6.39. The van der Waals surface area contributed by atoms with Crippen molar-refractivity contribution in [3.63, 3.8) is 0 Å². The molecule has 4 nitrogen and oxygen atoms in total. The SMILES string of the molecule is Cc1c(Br)cccc1C(=O)N1CCC(CCC(=O)O)C1. The Hall–Kier alpha value is -1.36. The highest BCUT2D eigenvalue weighted by Gasteiger charge is 2.28. The van der Waals surface area contributed by atoms with Crippen LogP contribution < -0.4 is 0 Å². The van der Waals surface area contributed by atoms with Gasteiger partial charge < -0.3 is 10.0 Å². The number of halogens is 1. The van der Waals surface area contributed by atoms with Crippen LogP contribution >= 0.6 is 15.9 Å². The van der Waals surface area contributed by atoms with Crippen LogP contribution in [0.1, 0.15) is 35.2 Å². The Kier molecular flexibility index (Phi) is 4.81. The largest absolute Gasteiger partial charge is 0.481 e. The molecule has 20 heavy (non-hydrogen) atoms. The summed E-state index contributed by atoms with van der Waals surface area (Å²) in [6.45, 7) is 3.31. The molecule has 1 unspecified atom stereocenters. The van der Waals surface area contributed by atoms with E-state index in [1.165, 1.54) is 0 Å². The van der Waals surface area contributed by atoms with E-state index in [4.69, 9.17) is 5.11 Å². The first kappa shape index (κ1) is 15.0. The molecular formula is C15H18BrNO3. The smallest absolute Gasteiger partial charge is 0.303 e. The number of nitrogens with zero attached hydrogens (tertiary/aromatic N) is 1. The van der Waals surface area contributed by atoms with E-state index >= 15 is 0 Å². The molecule has 5 heteroatoms. The molecule has 1 aliphatic heterocycles. The highest BCUT2D eigenvalue weighted by atomic mass is 79.9. The molecule has 2 rings (SSSR count). The first-order chi connectivity index (χ1) is 9.49. The normalized spacial score (nSPS) is 18.3. The van der Waals surface area contributed by atoms with Crippen molar-refractivity contribution in [2.45, 2.75) is 26.2 Å². The third kappa shape index (κ3) is 3.39. The Morgan fingerprint density at radius 1 is 1.45 bits per heavy atom. The standard InChI is InChI=1S/C15H18BrNO3/c1-10-12(3-2-4-13(10)16)15(20)17-8-7-11(9-17)5-6-14(18)19/h2-4,11H,5-9H2,1H3,(H,18,19). The third-order valence-corrected chi connectivity index (χ3v) is 4.70. The average molecular weight is 340 g/mol. The van der Waals surface area contributed by atoms with Crippen LogP contribution in [0, 0.1) is 12.8 Å². The number of rotatable bonds is 4. The van der Waals surface area contributed by atoms with Crippen molar-refractivity contribution in [1.29, 1.82) is 0 Å². The summed E-state index contributed by atoms with van der Waals surface area (Å²) in [6.07, 6.45) is 1.73. The number of likely N-dealkylation sites (tertiary alicyclic amines) is 1. The third-order valence-electron chi connectivity index (χ3n) is 3.84. The number of aliphatic carboxylic acids is 1. The molecule has 0 saturated carbocycles. The van der Waals surface area contributed by atoms with Crippen LogP contribution in [0.2, 0.25) is 0 Å². The minimum atomic E-state index is -0.766. The van der Waals surface area contributed by atoms with E-state index < -0.39 is 5.97 Å². The van der Waals surface area contributed by atoms with Crippen LogP contribution in [0.15, 0.2) is 22.7 Å². The summed E-state index contributed by atoms with van der Waals surface area (Å²) >= 11 is 3.44. The lowest BCUT2D eigenvalue weighted by Crippen LogP contribution is -2.29. The number of hydrogen-bond donors (Lipinski definition) is 1. The number of carboxylic acid groups (broad SMARTS) is 1. The van der Waals surface area contributed by atoms with Crippen LogP contribution in [-0.2, 0) is 4.79 Å². The van der Waals surface area contributed by atoms with Crippen LogP contribution in [0.5, 0.6) is 0 Å². The number of amides is 1. The fourth-order valence-electron chi connectivity index (χ4n) is 2.59. The molecule has 0 radical (unpaired) electrons. The number of carbonyl (C=O) groups is 2. The van der Waals surface area contributed by atoms with Gasteiger partial charge >= 0.3 is 5.97 Å². The van der Waals surface area contributed by atoms with E-state index in [1.807, 2.05) is 30.0 Å². The minimum absolute atomic E-state index is 0.0432. The van der Waals surface area contributed by atoms with Gasteiger partial charge in [0.25, 0.3) is 5.91 Å². The first-order valence-electron chi connectivity index (χ1n) is 6.75.